The summed E-state index contributed by atoms with van der Waals surface area (Å²) in [5.41, 5.74) is 2.47. The van der Waals surface area contributed by atoms with Gasteiger partial charge in [-0.2, -0.15) is 0 Å². The molecule has 7 rings (SSSR count). The number of aromatic hydroxyl groups is 1. The van der Waals surface area contributed by atoms with Gasteiger partial charge in [0.2, 0.25) is 0 Å². The molecule has 1 amide bonds. The number of carbonyl (C=O) groups is 1. The highest BCUT2D eigenvalue weighted by atomic mass is 19.1. The van der Waals surface area contributed by atoms with Crippen LogP contribution >= 0.6 is 0 Å². The van der Waals surface area contributed by atoms with Crippen molar-refractivity contribution in [1.82, 2.24) is 10.2 Å². The summed E-state index contributed by atoms with van der Waals surface area (Å²) in [5, 5.41) is 36.7. The first-order valence-corrected chi connectivity index (χ1v) is 14.2. The maximum Gasteiger partial charge on any atom is 0.270 e. The normalized spacial score (nSPS) is 26.4. The number of likely N-dealkylation sites (tertiary alicyclic amines) is 1. The van der Waals surface area contributed by atoms with Crippen LogP contribution in [0.2, 0.25) is 0 Å². The third kappa shape index (κ3) is 3.95. The van der Waals surface area contributed by atoms with E-state index in [0.29, 0.717) is 35.3 Å². The molecule has 222 valence electrons. The molecule has 3 aromatic rings. The van der Waals surface area contributed by atoms with Crippen LogP contribution in [0.4, 0.5) is 10.1 Å². The molecule has 0 saturated carbocycles. The first-order chi connectivity index (χ1) is 20.6. The Morgan fingerprint density at radius 1 is 1.23 bits per heavy atom. The van der Waals surface area contributed by atoms with Crippen LogP contribution in [-0.4, -0.2) is 64.9 Å². The second kappa shape index (κ2) is 9.78. The lowest BCUT2D eigenvalue weighted by Crippen LogP contribution is -2.64. The fourth-order valence-corrected chi connectivity index (χ4v) is 7.73. The number of non-ortho nitro benzene ring substituents is 1. The number of hydrogen-bond acceptors (Lipinski definition) is 8. The van der Waals surface area contributed by atoms with Crippen LogP contribution in [0.5, 0.6) is 17.2 Å². The van der Waals surface area contributed by atoms with Gasteiger partial charge in [-0.15, -0.1) is 0 Å². The Kier molecular flexibility index (Phi) is 6.22. The highest BCUT2D eigenvalue weighted by Crippen LogP contribution is 2.63. The fourth-order valence-electron chi connectivity index (χ4n) is 7.73. The Hall–Kier alpha value is -4.48. The number of carbonyl (C=O) groups excluding carboxylic acids is 1. The van der Waals surface area contributed by atoms with Gasteiger partial charge in [-0.1, -0.05) is 18.2 Å². The molecular formula is C32H30FN3O7. The van der Waals surface area contributed by atoms with E-state index in [-0.39, 0.29) is 41.3 Å². The van der Waals surface area contributed by atoms with Gasteiger partial charge < -0.3 is 29.9 Å². The van der Waals surface area contributed by atoms with Gasteiger partial charge in [0.25, 0.3) is 11.6 Å². The third-order valence-corrected chi connectivity index (χ3v) is 9.70. The van der Waals surface area contributed by atoms with Gasteiger partial charge in [-0.05, 0) is 73.0 Å². The summed E-state index contributed by atoms with van der Waals surface area (Å²) < 4.78 is 25.5. The molecule has 10 nitrogen and oxygen atoms in total. The Labute approximate surface area is 246 Å². The molecule has 2 heterocycles. The number of methoxy groups -OCH3 is 1. The smallest absolute Gasteiger partial charge is 0.270 e. The lowest BCUT2D eigenvalue weighted by Gasteiger charge is -2.56. The minimum absolute atomic E-state index is 0.0262. The van der Waals surface area contributed by atoms with Gasteiger partial charge in [0, 0.05) is 41.6 Å². The van der Waals surface area contributed by atoms with Crippen molar-refractivity contribution in [3.63, 3.8) is 0 Å². The van der Waals surface area contributed by atoms with Crippen LogP contribution in [0.25, 0.3) is 11.1 Å². The number of phenolic OH excluding ortho intramolecular Hbond substituents is 1. The van der Waals surface area contributed by atoms with Gasteiger partial charge in [0.1, 0.15) is 12.2 Å². The summed E-state index contributed by atoms with van der Waals surface area (Å²) >= 11 is 0. The van der Waals surface area contributed by atoms with Crippen LogP contribution in [0.1, 0.15) is 33.5 Å². The summed E-state index contributed by atoms with van der Waals surface area (Å²) in [6, 6.07) is 10.1. The number of hydrogen-bond donors (Lipinski definition) is 3. The van der Waals surface area contributed by atoms with E-state index in [9.17, 15) is 29.5 Å². The predicted molar refractivity (Wildman–Crippen MR) is 154 cm³/mol. The molecule has 11 heteroatoms. The van der Waals surface area contributed by atoms with Gasteiger partial charge in [0.15, 0.2) is 23.1 Å². The first-order valence-electron chi connectivity index (χ1n) is 14.2. The number of nitro groups is 1. The van der Waals surface area contributed by atoms with E-state index in [1.165, 1.54) is 37.4 Å². The monoisotopic (exact) mass is 587 g/mol. The number of nitrogens with zero attached hydrogens (tertiary/aromatic N) is 2. The van der Waals surface area contributed by atoms with Crippen molar-refractivity contribution in [1.29, 1.82) is 0 Å². The number of nitro benzene ring substituents is 1. The molecule has 5 atom stereocenters. The average Bonchev–Trinajstić information content (AvgIpc) is 3.35. The van der Waals surface area contributed by atoms with Gasteiger partial charge >= 0.3 is 0 Å². The van der Waals surface area contributed by atoms with Crippen molar-refractivity contribution >= 4 is 11.6 Å². The molecule has 1 saturated heterocycles. The molecule has 2 aliphatic carbocycles. The molecule has 3 aromatic carbocycles. The van der Waals surface area contributed by atoms with Crippen molar-refractivity contribution in [2.75, 3.05) is 20.7 Å². The number of ether oxygens (including phenoxy) is 2. The predicted octanol–water partition coefficient (Wildman–Crippen LogP) is 3.85. The van der Waals surface area contributed by atoms with Crippen LogP contribution in [0, 0.1) is 21.8 Å². The largest absolute Gasteiger partial charge is 0.504 e. The molecule has 1 spiro atoms. The van der Waals surface area contributed by atoms with Crippen LogP contribution in [0.3, 0.4) is 0 Å². The van der Waals surface area contributed by atoms with E-state index in [2.05, 4.69) is 23.3 Å². The maximum atomic E-state index is 14.3. The third-order valence-electron chi connectivity index (χ3n) is 9.70. The average molecular weight is 588 g/mol. The zero-order valence-corrected chi connectivity index (χ0v) is 23.5. The summed E-state index contributed by atoms with van der Waals surface area (Å²) in [7, 11) is 3.43. The SMILES string of the molecule is COc1ccc(CNC(=O)c2cc([N+](=O)[O-])ccc2-c2cc(O)c3c4c2C[C@@H]2[C@@H]5C=C[C@H](O)[C@H](O3)[C@]45CCN2C)cc1F. The zero-order valence-electron chi connectivity index (χ0n) is 23.5. The second-order valence-electron chi connectivity index (χ2n) is 11.7. The van der Waals surface area contributed by atoms with E-state index in [0.717, 1.165) is 17.7 Å². The van der Waals surface area contributed by atoms with E-state index >= 15 is 0 Å². The van der Waals surface area contributed by atoms with Crippen molar-refractivity contribution in [3.8, 4) is 28.4 Å². The standard InChI is InChI=1S/C32H30FN3O7/c1-35-10-9-32-22-6-7-25(37)30(32)43-29-26(38)14-19(20(28(29)32)13-24(22)35)18-5-4-17(36(40)41)12-21(18)31(39)34-15-16-3-8-27(42-2)23(33)11-16/h3-8,11-12,14,22,24-25,30,37-38H,9-10,13,15H2,1-2H3,(H,34,39)/t22-,24+,25-,30-,32-/m0/s1. The topological polar surface area (TPSA) is 134 Å². The van der Waals surface area contributed by atoms with Crippen LogP contribution in [0.15, 0.2) is 54.6 Å². The van der Waals surface area contributed by atoms with E-state index < -0.39 is 34.3 Å². The summed E-state index contributed by atoms with van der Waals surface area (Å²) in [6.45, 7) is 0.768. The Bertz CT molecular complexity index is 1730. The van der Waals surface area contributed by atoms with E-state index in [4.69, 9.17) is 9.47 Å². The minimum atomic E-state index is -0.843. The van der Waals surface area contributed by atoms with E-state index in [1.54, 1.807) is 18.2 Å². The number of likely N-dealkylation sites (N-methyl/N-ethyl adjacent to an activating group) is 1. The molecule has 2 bridgehead atoms. The highest BCUT2D eigenvalue weighted by molar-refractivity contribution is 6.02. The number of benzene rings is 3. The van der Waals surface area contributed by atoms with Gasteiger partial charge in [-0.3, -0.25) is 14.9 Å². The molecule has 2 aliphatic heterocycles. The molecule has 0 radical (unpaired) electrons. The minimum Gasteiger partial charge on any atom is -0.504 e. The number of nitrogens with one attached hydrogen (secondary N) is 1. The molecule has 43 heavy (non-hydrogen) atoms. The zero-order chi connectivity index (χ0) is 30.2. The highest BCUT2D eigenvalue weighted by Gasteiger charge is 2.64. The number of halogens is 1. The van der Waals surface area contributed by atoms with Crippen LogP contribution < -0.4 is 14.8 Å². The molecule has 4 aliphatic rings. The number of aliphatic hydroxyl groups is 1. The summed E-state index contributed by atoms with van der Waals surface area (Å²) in [5.74, 6) is -0.780. The first kappa shape index (κ1) is 27.4. The fraction of sp³-hybridized carbons (Fsp3) is 0.344. The Morgan fingerprint density at radius 2 is 2.05 bits per heavy atom. The Balaban J connectivity index is 1.35. The van der Waals surface area contributed by atoms with Crippen molar-refractivity contribution < 1.29 is 33.8 Å². The number of piperidine rings is 1. The maximum absolute atomic E-state index is 14.3. The van der Waals surface area contributed by atoms with Crippen LogP contribution in [-0.2, 0) is 18.4 Å². The van der Waals surface area contributed by atoms with Crippen molar-refractivity contribution in [3.05, 3.63) is 92.8 Å². The lowest BCUT2D eigenvalue weighted by molar-refractivity contribution is -0.384. The molecule has 1 fully saturated rings. The number of amides is 1. The quantitative estimate of drug-likeness (QED) is 0.225. The molecular weight excluding hydrogens is 557 g/mol. The Morgan fingerprint density at radius 3 is 2.79 bits per heavy atom. The summed E-state index contributed by atoms with van der Waals surface area (Å²) in [4.78, 5) is 27.1. The molecule has 0 unspecified atom stereocenters. The van der Waals surface area contributed by atoms with E-state index in [1.807, 2.05) is 0 Å². The summed E-state index contributed by atoms with van der Waals surface area (Å²) in [6.07, 6.45) is 3.76. The number of phenols is 1. The lowest BCUT2D eigenvalue weighted by atomic mass is 9.53. The van der Waals surface area contributed by atoms with Gasteiger partial charge in [0.05, 0.1) is 17.6 Å². The number of aliphatic hydroxyl groups excluding tert-OH is 1. The van der Waals surface area contributed by atoms with Crippen molar-refractivity contribution in [2.45, 2.75) is 43.1 Å². The second-order valence-corrected chi connectivity index (χ2v) is 11.7. The van der Waals surface area contributed by atoms with Crippen molar-refractivity contribution in [2.24, 2.45) is 5.92 Å². The molecule has 0 aromatic heterocycles. The van der Waals surface area contributed by atoms with Gasteiger partial charge in [-0.25, -0.2) is 4.39 Å². The molecule has 3 N–H and O–H groups in total. The number of rotatable bonds is 6.